The largest absolute Gasteiger partial charge is 0.344 e. The van der Waals surface area contributed by atoms with Crippen LogP contribution in [0.4, 0.5) is 0 Å². The van der Waals surface area contributed by atoms with Crippen LogP contribution in [-0.4, -0.2) is 20.0 Å². The third-order valence-electron chi connectivity index (χ3n) is 4.91. The standard InChI is InChI=1S/C24H38O2Si/c1-19(12-11-13-20(2)18-27(5,6)7)16-17-22-23(26-24(3,4)25-22)21-14-9-8-10-15-21/h8-10,12,14-15,22-23H,2,11,13,16-18H2,1,3-7H3/b19-12+/t22-,23-/m0/s1. The Morgan fingerprint density at radius 3 is 2.41 bits per heavy atom. The van der Waals surface area contributed by atoms with Crippen molar-refractivity contribution in [1.29, 1.82) is 0 Å². The zero-order valence-corrected chi connectivity index (χ0v) is 19.2. The van der Waals surface area contributed by atoms with Crippen molar-refractivity contribution in [3.8, 4) is 0 Å². The van der Waals surface area contributed by atoms with Crippen molar-refractivity contribution >= 4 is 8.07 Å². The van der Waals surface area contributed by atoms with Gasteiger partial charge in [0, 0.05) is 8.07 Å². The first-order valence-electron chi connectivity index (χ1n) is 10.3. The third-order valence-corrected chi connectivity index (χ3v) is 6.47. The molecule has 1 aliphatic rings. The van der Waals surface area contributed by atoms with E-state index in [1.54, 1.807) is 0 Å². The van der Waals surface area contributed by atoms with Gasteiger partial charge < -0.3 is 9.47 Å². The molecule has 1 fully saturated rings. The average molecular weight is 387 g/mol. The molecule has 0 spiro atoms. The summed E-state index contributed by atoms with van der Waals surface area (Å²) in [4.78, 5) is 0. The van der Waals surface area contributed by atoms with Crippen LogP contribution in [0.25, 0.3) is 0 Å². The number of rotatable bonds is 9. The Morgan fingerprint density at radius 2 is 1.78 bits per heavy atom. The van der Waals surface area contributed by atoms with Crippen LogP contribution >= 0.6 is 0 Å². The monoisotopic (exact) mass is 386 g/mol. The van der Waals surface area contributed by atoms with Gasteiger partial charge in [-0.25, -0.2) is 0 Å². The Hall–Kier alpha value is -1.16. The van der Waals surface area contributed by atoms with Gasteiger partial charge in [-0.2, -0.15) is 0 Å². The Morgan fingerprint density at radius 1 is 1.11 bits per heavy atom. The molecule has 0 unspecified atom stereocenters. The molecule has 0 bridgehead atoms. The number of ether oxygens (including phenoxy) is 2. The second kappa shape index (κ2) is 9.36. The molecule has 150 valence electrons. The number of benzene rings is 1. The van der Waals surface area contributed by atoms with Crippen LogP contribution in [-0.2, 0) is 9.47 Å². The second-order valence-electron chi connectivity index (χ2n) is 9.62. The highest BCUT2D eigenvalue weighted by atomic mass is 28.3. The molecule has 1 saturated heterocycles. The first-order valence-corrected chi connectivity index (χ1v) is 14.0. The van der Waals surface area contributed by atoms with Crippen LogP contribution in [0.3, 0.4) is 0 Å². The molecule has 0 saturated carbocycles. The molecule has 1 aliphatic heterocycles. The van der Waals surface area contributed by atoms with Gasteiger partial charge in [0.25, 0.3) is 0 Å². The molecule has 3 heteroatoms. The molecule has 1 aromatic carbocycles. The predicted octanol–water partition coefficient (Wildman–Crippen LogP) is 7.28. The maximum Gasteiger partial charge on any atom is 0.164 e. The summed E-state index contributed by atoms with van der Waals surface area (Å²) in [6.45, 7) is 17.8. The number of hydrogen-bond acceptors (Lipinski definition) is 2. The summed E-state index contributed by atoms with van der Waals surface area (Å²) >= 11 is 0. The van der Waals surface area contributed by atoms with Crippen molar-refractivity contribution in [3.63, 3.8) is 0 Å². The molecule has 2 rings (SSSR count). The van der Waals surface area contributed by atoms with Crippen LogP contribution in [0.5, 0.6) is 0 Å². The summed E-state index contributed by atoms with van der Waals surface area (Å²) in [5.41, 5.74) is 4.06. The summed E-state index contributed by atoms with van der Waals surface area (Å²) in [7, 11) is -1.03. The fourth-order valence-corrected chi connectivity index (χ4v) is 5.48. The molecular formula is C24H38O2Si. The summed E-state index contributed by atoms with van der Waals surface area (Å²) in [6, 6.07) is 11.7. The van der Waals surface area contributed by atoms with Gasteiger partial charge in [-0.1, -0.05) is 67.2 Å². The van der Waals surface area contributed by atoms with Gasteiger partial charge in [0.05, 0.1) is 6.10 Å². The van der Waals surface area contributed by atoms with Crippen molar-refractivity contribution in [2.75, 3.05) is 0 Å². The highest BCUT2D eigenvalue weighted by Crippen LogP contribution is 2.40. The molecule has 1 aromatic rings. The molecule has 0 N–H and O–H groups in total. The number of allylic oxidation sites excluding steroid dienone is 3. The molecule has 2 atom stereocenters. The Labute approximate surface area is 167 Å². The maximum atomic E-state index is 6.20. The molecule has 27 heavy (non-hydrogen) atoms. The zero-order chi connectivity index (χ0) is 20.1. The lowest BCUT2D eigenvalue weighted by molar-refractivity contribution is -0.147. The second-order valence-corrected chi connectivity index (χ2v) is 15.1. The van der Waals surface area contributed by atoms with E-state index in [9.17, 15) is 0 Å². The molecule has 0 amide bonds. The van der Waals surface area contributed by atoms with E-state index in [1.165, 1.54) is 22.8 Å². The minimum Gasteiger partial charge on any atom is -0.344 e. The van der Waals surface area contributed by atoms with Gasteiger partial charge >= 0.3 is 0 Å². The fourth-order valence-electron chi connectivity index (χ4n) is 3.80. The minimum atomic E-state index is -1.03. The first-order chi connectivity index (χ1) is 12.6. The van der Waals surface area contributed by atoms with E-state index in [2.05, 4.69) is 63.5 Å². The van der Waals surface area contributed by atoms with Crippen LogP contribution < -0.4 is 0 Å². The lowest BCUT2D eigenvalue weighted by atomic mass is 9.98. The molecule has 0 radical (unpaired) electrons. The van der Waals surface area contributed by atoms with Gasteiger partial charge in [0.15, 0.2) is 5.79 Å². The Bertz CT molecular complexity index is 640. The highest BCUT2D eigenvalue weighted by Gasteiger charge is 2.41. The third kappa shape index (κ3) is 7.77. The Kier molecular flexibility index (Phi) is 7.67. The normalized spacial score (nSPS) is 22.8. The molecule has 0 aromatic heterocycles. The van der Waals surface area contributed by atoms with Gasteiger partial charge in [-0.3, -0.25) is 0 Å². The number of hydrogen-bond donors (Lipinski definition) is 0. The van der Waals surface area contributed by atoms with E-state index in [1.807, 2.05) is 19.9 Å². The molecule has 0 aliphatic carbocycles. The lowest BCUT2D eigenvalue weighted by Gasteiger charge is -2.18. The smallest absolute Gasteiger partial charge is 0.164 e. The van der Waals surface area contributed by atoms with Crippen molar-refractivity contribution in [2.24, 2.45) is 0 Å². The Balaban J connectivity index is 1.85. The highest BCUT2D eigenvalue weighted by molar-refractivity contribution is 6.76. The SMILES string of the molecule is C=C(CC/C=C(\C)CC[C@@H]1OC(C)(C)O[C@H]1c1ccccc1)C[Si](C)(C)C. The van der Waals surface area contributed by atoms with E-state index in [0.29, 0.717) is 0 Å². The van der Waals surface area contributed by atoms with E-state index in [-0.39, 0.29) is 12.2 Å². The van der Waals surface area contributed by atoms with E-state index < -0.39 is 13.9 Å². The first kappa shape index (κ1) is 22.1. The van der Waals surface area contributed by atoms with Gasteiger partial charge in [-0.15, -0.1) is 6.58 Å². The van der Waals surface area contributed by atoms with Gasteiger partial charge in [0.2, 0.25) is 0 Å². The van der Waals surface area contributed by atoms with Crippen LogP contribution in [0.15, 0.2) is 54.1 Å². The quantitative estimate of drug-likeness (QED) is 0.328. The van der Waals surface area contributed by atoms with Crippen molar-refractivity contribution < 1.29 is 9.47 Å². The minimum absolute atomic E-state index is 0.0190. The maximum absolute atomic E-state index is 6.20. The van der Waals surface area contributed by atoms with Gasteiger partial charge in [0.1, 0.15) is 6.10 Å². The zero-order valence-electron chi connectivity index (χ0n) is 18.2. The lowest BCUT2D eigenvalue weighted by Crippen LogP contribution is -2.21. The van der Waals surface area contributed by atoms with Crippen LogP contribution in [0, 0.1) is 0 Å². The van der Waals surface area contributed by atoms with Crippen molar-refractivity contribution in [2.45, 2.75) is 90.1 Å². The topological polar surface area (TPSA) is 18.5 Å². The average Bonchev–Trinajstić information content (AvgIpc) is 2.87. The van der Waals surface area contributed by atoms with Crippen molar-refractivity contribution in [3.05, 3.63) is 59.7 Å². The van der Waals surface area contributed by atoms with E-state index in [0.717, 1.165) is 25.7 Å². The predicted molar refractivity (Wildman–Crippen MR) is 119 cm³/mol. The summed E-state index contributed by atoms with van der Waals surface area (Å²) < 4.78 is 12.4. The summed E-state index contributed by atoms with van der Waals surface area (Å²) in [5.74, 6) is -0.516. The molecule has 2 nitrogen and oxygen atoms in total. The molecular weight excluding hydrogens is 348 g/mol. The van der Waals surface area contributed by atoms with Crippen LogP contribution in [0.1, 0.15) is 58.1 Å². The molecule has 1 heterocycles. The summed E-state index contributed by atoms with van der Waals surface area (Å²) in [5, 5.41) is 0. The fraction of sp³-hybridized carbons (Fsp3) is 0.583. The van der Waals surface area contributed by atoms with Gasteiger partial charge in [-0.05, 0) is 58.1 Å². The van der Waals surface area contributed by atoms with E-state index >= 15 is 0 Å². The van der Waals surface area contributed by atoms with E-state index in [4.69, 9.17) is 9.47 Å². The van der Waals surface area contributed by atoms with Crippen LogP contribution in [0.2, 0.25) is 25.7 Å². The summed E-state index contributed by atoms with van der Waals surface area (Å²) in [6.07, 6.45) is 6.76. The van der Waals surface area contributed by atoms with Crippen molar-refractivity contribution in [1.82, 2.24) is 0 Å².